The van der Waals surface area contributed by atoms with Crippen LogP contribution < -0.4 is 11.3 Å². The van der Waals surface area contributed by atoms with Crippen molar-refractivity contribution in [2.75, 3.05) is 0 Å². The predicted octanol–water partition coefficient (Wildman–Crippen LogP) is 2.19. The number of rotatable bonds is 5. The summed E-state index contributed by atoms with van der Waals surface area (Å²) >= 11 is 0. The van der Waals surface area contributed by atoms with Gasteiger partial charge in [0.05, 0.1) is 0 Å². The summed E-state index contributed by atoms with van der Waals surface area (Å²) in [6.45, 7) is 0. The van der Waals surface area contributed by atoms with Crippen molar-refractivity contribution in [3.05, 3.63) is 66.2 Å². The summed E-state index contributed by atoms with van der Waals surface area (Å²) in [6, 6.07) is 15.0. The largest absolute Gasteiger partial charge is 0.338 e. The fourth-order valence-electron chi connectivity index (χ4n) is 2.74. The summed E-state index contributed by atoms with van der Waals surface area (Å²) in [5.41, 5.74) is 4.24. The Balaban J connectivity index is 1.84. The van der Waals surface area contributed by atoms with Crippen molar-refractivity contribution in [3.63, 3.8) is 0 Å². The summed E-state index contributed by atoms with van der Waals surface area (Å²) in [5, 5.41) is 2.56. The smallest absolute Gasteiger partial charge is 0.109 e. The van der Waals surface area contributed by atoms with Crippen molar-refractivity contribution in [2.45, 2.75) is 18.9 Å². The molecule has 1 unspecified atom stereocenters. The lowest BCUT2D eigenvalue weighted by Gasteiger charge is -2.17. The minimum atomic E-state index is 0.164. The second-order valence-electron chi connectivity index (χ2n) is 5.36. The molecule has 4 nitrogen and oxygen atoms in total. The Hall–Kier alpha value is -2.17. The normalized spacial score (nSPS) is 12.7. The number of imidazole rings is 1. The molecule has 3 rings (SSSR count). The average molecular weight is 280 g/mol. The quantitative estimate of drug-likeness (QED) is 0.556. The number of hydrogen-bond acceptors (Lipinski definition) is 3. The first kappa shape index (κ1) is 13.8. The van der Waals surface area contributed by atoms with Crippen molar-refractivity contribution in [1.29, 1.82) is 0 Å². The van der Waals surface area contributed by atoms with E-state index in [1.165, 1.54) is 16.3 Å². The molecule has 0 aliphatic carbocycles. The molecule has 1 aromatic heterocycles. The van der Waals surface area contributed by atoms with Crippen LogP contribution >= 0.6 is 0 Å². The van der Waals surface area contributed by atoms with Crippen LogP contribution in [-0.2, 0) is 19.9 Å². The van der Waals surface area contributed by atoms with Gasteiger partial charge in [0.25, 0.3) is 0 Å². The number of hydrogen-bond donors (Lipinski definition) is 2. The van der Waals surface area contributed by atoms with Gasteiger partial charge in [-0.1, -0.05) is 42.5 Å². The van der Waals surface area contributed by atoms with Gasteiger partial charge in [-0.05, 0) is 22.8 Å². The number of fused-ring (bicyclic) bond motifs is 1. The third kappa shape index (κ3) is 2.96. The molecule has 3 N–H and O–H groups in total. The highest BCUT2D eigenvalue weighted by molar-refractivity contribution is 5.85. The lowest BCUT2D eigenvalue weighted by Crippen LogP contribution is -2.39. The second-order valence-corrected chi connectivity index (χ2v) is 5.36. The van der Waals surface area contributed by atoms with Gasteiger partial charge < -0.3 is 4.57 Å². The predicted molar refractivity (Wildman–Crippen MR) is 85.7 cm³/mol. The monoisotopic (exact) mass is 280 g/mol. The number of nitrogens with one attached hydrogen (secondary N) is 1. The van der Waals surface area contributed by atoms with Crippen LogP contribution in [0.2, 0.25) is 0 Å². The molecule has 21 heavy (non-hydrogen) atoms. The minimum absolute atomic E-state index is 0.164. The van der Waals surface area contributed by atoms with E-state index in [-0.39, 0.29) is 6.04 Å². The Labute approximate surface area is 124 Å². The lowest BCUT2D eigenvalue weighted by molar-refractivity contribution is 0.506. The zero-order valence-corrected chi connectivity index (χ0v) is 12.2. The van der Waals surface area contributed by atoms with Crippen molar-refractivity contribution >= 4 is 10.8 Å². The number of nitrogens with two attached hydrogens (primary N) is 1. The zero-order chi connectivity index (χ0) is 14.7. The Kier molecular flexibility index (Phi) is 3.99. The van der Waals surface area contributed by atoms with Gasteiger partial charge in [0.2, 0.25) is 0 Å². The molecule has 0 radical (unpaired) electrons. The number of hydrazine groups is 1. The maximum atomic E-state index is 5.74. The molecule has 0 amide bonds. The Morgan fingerprint density at radius 1 is 1.14 bits per heavy atom. The van der Waals surface area contributed by atoms with Gasteiger partial charge in [-0.15, -0.1) is 0 Å². The van der Waals surface area contributed by atoms with Gasteiger partial charge in [-0.2, -0.15) is 0 Å². The highest BCUT2D eigenvalue weighted by Crippen LogP contribution is 2.20. The highest BCUT2D eigenvalue weighted by atomic mass is 15.2. The van der Waals surface area contributed by atoms with Crippen LogP contribution in [0.4, 0.5) is 0 Å². The van der Waals surface area contributed by atoms with Crippen molar-refractivity contribution < 1.29 is 0 Å². The van der Waals surface area contributed by atoms with Crippen molar-refractivity contribution in [2.24, 2.45) is 12.9 Å². The third-order valence-electron chi connectivity index (χ3n) is 3.93. The summed E-state index contributed by atoms with van der Waals surface area (Å²) in [7, 11) is 2.01. The van der Waals surface area contributed by atoms with E-state index >= 15 is 0 Å². The highest BCUT2D eigenvalue weighted by Gasteiger charge is 2.13. The van der Waals surface area contributed by atoms with Crippen LogP contribution in [0.15, 0.2) is 54.9 Å². The molecule has 0 fully saturated rings. The number of aromatic nitrogens is 2. The van der Waals surface area contributed by atoms with E-state index in [1.807, 2.05) is 24.0 Å². The summed E-state index contributed by atoms with van der Waals surface area (Å²) < 4.78 is 2.04. The fourth-order valence-corrected chi connectivity index (χ4v) is 2.74. The van der Waals surface area contributed by atoms with Crippen LogP contribution in [0.3, 0.4) is 0 Å². The van der Waals surface area contributed by atoms with Crippen LogP contribution in [0.1, 0.15) is 11.4 Å². The molecule has 0 saturated carbocycles. The molecule has 3 aromatic rings. The third-order valence-corrected chi connectivity index (χ3v) is 3.93. The number of benzene rings is 2. The molecule has 0 aliphatic rings. The summed E-state index contributed by atoms with van der Waals surface area (Å²) in [5.74, 6) is 6.78. The average Bonchev–Trinajstić information content (AvgIpc) is 2.92. The first-order valence-electron chi connectivity index (χ1n) is 7.17. The molecule has 0 saturated heterocycles. The molecule has 2 aromatic carbocycles. The van der Waals surface area contributed by atoms with Crippen LogP contribution in [0.25, 0.3) is 10.8 Å². The van der Waals surface area contributed by atoms with Gasteiger partial charge in [0, 0.05) is 31.9 Å². The van der Waals surface area contributed by atoms with Gasteiger partial charge in [-0.3, -0.25) is 11.3 Å². The first-order valence-corrected chi connectivity index (χ1v) is 7.17. The van der Waals surface area contributed by atoms with Gasteiger partial charge >= 0.3 is 0 Å². The molecular formula is C17H20N4. The Morgan fingerprint density at radius 2 is 1.95 bits per heavy atom. The molecule has 4 heteroatoms. The van der Waals surface area contributed by atoms with E-state index in [0.29, 0.717) is 0 Å². The van der Waals surface area contributed by atoms with Crippen molar-refractivity contribution in [3.8, 4) is 0 Å². The Morgan fingerprint density at radius 3 is 2.71 bits per heavy atom. The van der Waals surface area contributed by atoms with E-state index in [0.717, 1.165) is 18.7 Å². The Bertz CT molecular complexity index is 727. The maximum absolute atomic E-state index is 5.74. The summed E-state index contributed by atoms with van der Waals surface area (Å²) in [6.07, 6.45) is 5.47. The SMILES string of the molecule is Cn1ccnc1CC(Cc1cccc2ccccc12)NN. The van der Waals surface area contributed by atoms with E-state index in [9.17, 15) is 0 Å². The minimum Gasteiger partial charge on any atom is -0.338 e. The molecule has 0 bridgehead atoms. The summed E-state index contributed by atoms with van der Waals surface area (Å²) in [4.78, 5) is 4.37. The van der Waals surface area contributed by atoms with Crippen molar-refractivity contribution in [1.82, 2.24) is 15.0 Å². The lowest BCUT2D eigenvalue weighted by atomic mass is 9.97. The fraction of sp³-hybridized carbons (Fsp3) is 0.235. The topological polar surface area (TPSA) is 55.9 Å². The molecule has 0 spiro atoms. The number of nitrogens with zero attached hydrogens (tertiary/aromatic N) is 2. The van der Waals surface area contributed by atoms with E-state index < -0.39 is 0 Å². The van der Waals surface area contributed by atoms with Crippen LogP contribution in [0, 0.1) is 0 Å². The maximum Gasteiger partial charge on any atom is 0.109 e. The standard InChI is InChI=1S/C17H20N4/c1-21-10-9-19-17(21)12-15(20-18)11-14-7-4-6-13-5-2-3-8-16(13)14/h2-10,15,20H,11-12,18H2,1H3. The molecule has 0 aliphatic heterocycles. The van der Waals surface area contributed by atoms with Gasteiger partial charge in [-0.25, -0.2) is 4.98 Å². The molecular weight excluding hydrogens is 260 g/mol. The van der Waals surface area contributed by atoms with E-state index in [2.05, 4.69) is 52.9 Å². The second kappa shape index (κ2) is 6.08. The number of aryl methyl sites for hydroxylation is 1. The molecule has 1 atom stereocenters. The zero-order valence-electron chi connectivity index (χ0n) is 12.2. The van der Waals surface area contributed by atoms with E-state index in [1.54, 1.807) is 0 Å². The van der Waals surface area contributed by atoms with Gasteiger partial charge in [0.15, 0.2) is 0 Å². The van der Waals surface area contributed by atoms with Crippen LogP contribution in [0.5, 0.6) is 0 Å². The van der Waals surface area contributed by atoms with Gasteiger partial charge in [0.1, 0.15) is 5.82 Å². The first-order chi connectivity index (χ1) is 10.3. The molecule has 108 valence electrons. The molecule has 1 heterocycles. The van der Waals surface area contributed by atoms with E-state index in [4.69, 9.17) is 5.84 Å². The van der Waals surface area contributed by atoms with Crippen LogP contribution in [-0.4, -0.2) is 15.6 Å².